The summed E-state index contributed by atoms with van der Waals surface area (Å²) in [5.74, 6) is 1.03. The van der Waals surface area contributed by atoms with Gasteiger partial charge in [0, 0.05) is 16.3 Å². The van der Waals surface area contributed by atoms with Crippen molar-refractivity contribution in [2.75, 3.05) is 0 Å². The van der Waals surface area contributed by atoms with Gasteiger partial charge in [0.2, 0.25) is 0 Å². The largest absolute Gasteiger partial charge is 0.468 e. The van der Waals surface area contributed by atoms with E-state index in [2.05, 4.69) is 32.2 Å². The van der Waals surface area contributed by atoms with Crippen LogP contribution < -0.4 is 5.32 Å². The zero-order valence-corrected chi connectivity index (χ0v) is 10.8. The third-order valence-electron chi connectivity index (χ3n) is 2.77. The van der Waals surface area contributed by atoms with E-state index < -0.39 is 0 Å². The monoisotopic (exact) mass is 235 g/mol. The van der Waals surface area contributed by atoms with Crippen LogP contribution in [0.2, 0.25) is 0 Å². The second kappa shape index (κ2) is 4.85. The van der Waals surface area contributed by atoms with E-state index in [1.54, 1.807) is 6.26 Å². The van der Waals surface area contributed by atoms with Gasteiger partial charge in [0.15, 0.2) is 0 Å². The Kier molecular flexibility index (Phi) is 3.46. The van der Waals surface area contributed by atoms with Crippen LogP contribution in [0.15, 0.2) is 22.8 Å². The SMILES string of the molecule is Cc1ccoc1CNCc1cc(C)c(C)s1. The second-order valence-electron chi connectivity index (χ2n) is 4.08. The van der Waals surface area contributed by atoms with E-state index in [-0.39, 0.29) is 0 Å². The minimum absolute atomic E-state index is 0.800. The molecule has 2 heterocycles. The molecule has 3 heteroatoms. The number of thiophene rings is 1. The summed E-state index contributed by atoms with van der Waals surface area (Å²) in [6.45, 7) is 8.11. The van der Waals surface area contributed by atoms with Crippen molar-refractivity contribution in [3.8, 4) is 0 Å². The van der Waals surface area contributed by atoms with Crippen molar-refractivity contribution in [3.63, 3.8) is 0 Å². The third kappa shape index (κ3) is 2.54. The molecule has 0 unspecified atom stereocenters. The van der Waals surface area contributed by atoms with E-state index in [1.807, 2.05) is 17.4 Å². The van der Waals surface area contributed by atoms with Crippen molar-refractivity contribution >= 4 is 11.3 Å². The lowest BCUT2D eigenvalue weighted by Gasteiger charge is -2.01. The van der Waals surface area contributed by atoms with Gasteiger partial charge in [-0.25, -0.2) is 0 Å². The van der Waals surface area contributed by atoms with Crippen LogP contribution in [0.5, 0.6) is 0 Å². The highest BCUT2D eigenvalue weighted by atomic mass is 32.1. The normalized spacial score (nSPS) is 10.9. The number of aryl methyl sites for hydroxylation is 3. The Hall–Kier alpha value is -1.06. The van der Waals surface area contributed by atoms with Gasteiger partial charge in [-0.1, -0.05) is 0 Å². The minimum Gasteiger partial charge on any atom is -0.468 e. The van der Waals surface area contributed by atoms with Gasteiger partial charge < -0.3 is 9.73 Å². The molecule has 0 spiro atoms. The van der Waals surface area contributed by atoms with Crippen LogP contribution in [0.1, 0.15) is 26.6 Å². The average molecular weight is 235 g/mol. The highest BCUT2D eigenvalue weighted by molar-refractivity contribution is 7.12. The van der Waals surface area contributed by atoms with E-state index in [4.69, 9.17) is 4.42 Å². The minimum atomic E-state index is 0.800. The molecular formula is C13H17NOS. The summed E-state index contributed by atoms with van der Waals surface area (Å²) in [5, 5.41) is 3.40. The number of hydrogen-bond donors (Lipinski definition) is 1. The Morgan fingerprint density at radius 1 is 1.19 bits per heavy atom. The van der Waals surface area contributed by atoms with Gasteiger partial charge in [0.25, 0.3) is 0 Å². The highest BCUT2D eigenvalue weighted by Crippen LogP contribution is 2.20. The molecule has 16 heavy (non-hydrogen) atoms. The quantitative estimate of drug-likeness (QED) is 0.876. The topological polar surface area (TPSA) is 25.2 Å². The average Bonchev–Trinajstić information content (AvgIpc) is 2.76. The molecule has 2 aromatic heterocycles. The van der Waals surface area contributed by atoms with Gasteiger partial charge in [0.05, 0.1) is 12.8 Å². The van der Waals surface area contributed by atoms with Crippen molar-refractivity contribution in [1.29, 1.82) is 0 Å². The molecular weight excluding hydrogens is 218 g/mol. The molecule has 0 saturated carbocycles. The van der Waals surface area contributed by atoms with E-state index >= 15 is 0 Å². The zero-order chi connectivity index (χ0) is 11.5. The number of hydrogen-bond acceptors (Lipinski definition) is 3. The maximum absolute atomic E-state index is 5.37. The van der Waals surface area contributed by atoms with Gasteiger partial charge in [-0.2, -0.15) is 0 Å². The molecule has 0 amide bonds. The number of furan rings is 1. The zero-order valence-electron chi connectivity index (χ0n) is 9.96. The lowest BCUT2D eigenvalue weighted by molar-refractivity contribution is 0.481. The molecule has 0 aliphatic carbocycles. The maximum atomic E-state index is 5.37. The van der Waals surface area contributed by atoms with Gasteiger partial charge >= 0.3 is 0 Å². The Labute approximate surface area is 100 Å². The van der Waals surface area contributed by atoms with Gasteiger partial charge in [0.1, 0.15) is 5.76 Å². The van der Waals surface area contributed by atoms with Crippen molar-refractivity contribution < 1.29 is 4.42 Å². The number of nitrogens with one attached hydrogen (secondary N) is 1. The standard InChI is InChI=1S/C13H17NOS/c1-9-4-5-15-13(9)8-14-7-12-6-10(2)11(3)16-12/h4-6,14H,7-8H2,1-3H3. The predicted molar refractivity (Wildman–Crippen MR) is 67.8 cm³/mol. The van der Waals surface area contributed by atoms with Crippen LogP contribution in [-0.4, -0.2) is 0 Å². The highest BCUT2D eigenvalue weighted by Gasteiger charge is 2.03. The molecule has 1 N–H and O–H groups in total. The van der Waals surface area contributed by atoms with Crippen LogP contribution in [-0.2, 0) is 13.1 Å². The van der Waals surface area contributed by atoms with Crippen LogP contribution in [0, 0.1) is 20.8 Å². The van der Waals surface area contributed by atoms with Gasteiger partial charge in [-0.05, 0) is 44.0 Å². The fourth-order valence-electron chi connectivity index (χ4n) is 1.62. The molecule has 0 radical (unpaired) electrons. The molecule has 2 aromatic rings. The van der Waals surface area contributed by atoms with Crippen molar-refractivity contribution in [2.45, 2.75) is 33.9 Å². The van der Waals surface area contributed by atoms with E-state index in [0.717, 1.165) is 18.8 Å². The van der Waals surface area contributed by atoms with Gasteiger partial charge in [-0.3, -0.25) is 0 Å². The molecule has 0 aliphatic heterocycles. The first-order valence-corrected chi connectivity index (χ1v) is 6.28. The molecule has 86 valence electrons. The molecule has 0 fully saturated rings. The van der Waals surface area contributed by atoms with Crippen molar-refractivity contribution in [2.24, 2.45) is 0 Å². The summed E-state index contributed by atoms with van der Waals surface area (Å²) in [6.07, 6.45) is 1.74. The van der Waals surface area contributed by atoms with Crippen LogP contribution in [0.25, 0.3) is 0 Å². The summed E-state index contributed by atoms with van der Waals surface area (Å²) < 4.78 is 5.37. The first kappa shape index (κ1) is 11.4. The summed E-state index contributed by atoms with van der Waals surface area (Å²) in [4.78, 5) is 2.80. The first-order valence-electron chi connectivity index (χ1n) is 5.46. The summed E-state index contributed by atoms with van der Waals surface area (Å²) in [7, 11) is 0. The lowest BCUT2D eigenvalue weighted by atomic mass is 10.2. The summed E-state index contributed by atoms with van der Waals surface area (Å²) in [6, 6.07) is 4.25. The Balaban J connectivity index is 1.87. The smallest absolute Gasteiger partial charge is 0.120 e. The summed E-state index contributed by atoms with van der Waals surface area (Å²) >= 11 is 1.86. The molecule has 0 bridgehead atoms. The molecule has 0 aliphatic rings. The van der Waals surface area contributed by atoms with Crippen LogP contribution >= 0.6 is 11.3 Å². The van der Waals surface area contributed by atoms with Crippen LogP contribution in [0.4, 0.5) is 0 Å². The fourth-order valence-corrected chi connectivity index (χ4v) is 2.64. The third-order valence-corrected chi connectivity index (χ3v) is 3.92. The molecule has 2 rings (SSSR count). The van der Waals surface area contributed by atoms with E-state index in [0.29, 0.717) is 0 Å². The second-order valence-corrected chi connectivity index (χ2v) is 5.42. The van der Waals surface area contributed by atoms with Crippen molar-refractivity contribution in [1.82, 2.24) is 5.32 Å². The Morgan fingerprint density at radius 3 is 2.56 bits per heavy atom. The first-order chi connectivity index (χ1) is 7.66. The molecule has 2 nitrogen and oxygen atoms in total. The molecule has 0 aromatic carbocycles. The molecule has 0 saturated heterocycles. The molecule has 0 atom stereocenters. The summed E-state index contributed by atoms with van der Waals surface area (Å²) in [5.41, 5.74) is 2.60. The van der Waals surface area contributed by atoms with Crippen molar-refractivity contribution in [3.05, 3.63) is 45.0 Å². The van der Waals surface area contributed by atoms with Gasteiger partial charge in [-0.15, -0.1) is 11.3 Å². The maximum Gasteiger partial charge on any atom is 0.120 e. The predicted octanol–water partition coefficient (Wildman–Crippen LogP) is 3.56. The van der Waals surface area contributed by atoms with Crippen LogP contribution in [0.3, 0.4) is 0 Å². The lowest BCUT2D eigenvalue weighted by Crippen LogP contribution is -2.11. The Bertz CT molecular complexity index is 450. The number of rotatable bonds is 4. The fraction of sp³-hybridized carbons (Fsp3) is 0.385. The van der Waals surface area contributed by atoms with E-state index in [9.17, 15) is 0 Å². The Morgan fingerprint density at radius 2 is 2.00 bits per heavy atom. The van der Waals surface area contributed by atoms with E-state index in [1.165, 1.54) is 20.9 Å².